The minimum absolute atomic E-state index is 0.0624. The van der Waals surface area contributed by atoms with Gasteiger partial charge in [0.1, 0.15) is 11.5 Å². The predicted octanol–water partition coefficient (Wildman–Crippen LogP) is 4.84. The number of alkyl halides is 1. The Labute approximate surface area is 117 Å². The number of hydrogen-bond donors (Lipinski definition) is 0. The molecule has 0 amide bonds. The Morgan fingerprint density at radius 3 is 2.65 bits per heavy atom. The maximum Gasteiger partial charge on any atom is 0.123 e. The third-order valence-corrected chi connectivity index (χ3v) is 4.02. The minimum Gasteiger partial charge on any atom is -0.496 e. The topological polar surface area (TPSA) is 22.4 Å². The van der Waals surface area contributed by atoms with Crippen LogP contribution in [0, 0.1) is 6.92 Å². The fourth-order valence-corrected chi connectivity index (χ4v) is 2.66. The molecule has 4 heteroatoms. The summed E-state index contributed by atoms with van der Waals surface area (Å²) in [5.41, 5.74) is 2.15. The second-order valence-corrected chi connectivity index (χ2v) is 5.57. The maximum atomic E-state index is 5.37. The number of benzene rings is 1. The van der Waals surface area contributed by atoms with Gasteiger partial charge < -0.3 is 9.15 Å². The van der Waals surface area contributed by atoms with Crippen molar-refractivity contribution in [2.75, 3.05) is 7.11 Å². The standard InChI is InChI=1S/C13H12Br2O2/c1-8-5-9(7-17-8)13(15)11-6-10(14)3-4-12(11)16-2/h3-7,13H,1-2H3. The van der Waals surface area contributed by atoms with E-state index in [0.717, 1.165) is 27.1 Å². The Balaban J connectivity index is 2.42. The van der Waals surface area contributed by atoms with Crippen LogP contribution in [0.3, 0.4) is 0 Å². The third-order valence-electron chi connectivity index (χ3n) is 2.51. The van der Waals surface area contributed by atoms with E-state index in [1.165, 1.54) is 0 Å². The lowest BCUT2D eigenvalue weighted by Gasteiger charge is -2.13. The van der Waals surface area contributed by atoms with Gasteiger partial charge in [-0.25, -0.2) is 0 Å². The molecule has 0 saturated carbocycles. The molecule has 90 valence electrons. The van der Waals surface area contributed by atoms with Crippen molar-refractivity contribution in [1.82, 2.24) is 0 Å². The van der Waals surface area contributed by atoms with Gasteiger partial charge in [0.25, 0.3) is 0 Å². The Bertz CT molecular complexity index is 520. The molecule has 0 spiro atoms. The van der Waals surface area contributed by atoms with Crippen molar-refractivity contribution in [2.45, 2.75) is 11.8 Å². The average Bonchev–Trinajstić information content (AvgIpc) is 2.75. The molecule has 1 aromatic carbocycles. The van der Waals surface area contributed by atoms with Gasteiger partial charge in [-0.05, 0) is 31.2 Å². The quantitative estimate of drug-likeness (QED) is 0.731. The minimum atomic E-state index is 0.0624. The van der Waals surface area contributed by atoms with Gasteiger partial charge in [0.2, 0.25) is 0 Å². The van der Waals surface area contributed by atoms with Gasteiger partial charge in [-0.2, -0.15) is 0 Å². The molecular weight excluding hydrogens is 348 g/mol. The number of ether oxygens (including phenoxy) is 1. The molecule has 0 radical (unpaired) electrons. The van der Waals surface area contributed by atoms with Gasteiger partial charge in [0.15, 0.2) is 0 Å². The van der Waals surface area contributed by atoms with Gasteiger partial charge in [0, 0.05) is 15.6 Å². The highest BCUT2D eigenvalue weighted by molar-refractivity contribution is 9.10. The molecule has 0 aliphatic carbocycles. The smallest absolute Gasteiger partial charge is 0.123 e. The summed E-state index contributed by atoms with van der Waals surface area (Å²) < 4.78 is 11.7. The van der Waals surface area contributed by atoms with Crippen molar-refractivity contribution in [2.24, 2.45) is 0 Å². The van der Waals surface area contributed by atoms with Crippen molar-refractivity contribution in [3.05, 3.63) is 51.9 Å². The lowest BCUT2D eigenvalue weighted by molar-refractivity contribution is 0.410. The second-order valence-electron chi connectivity index (χ2n) is 3.74. The Kier molecular flexibility index (Phi) is 3.94. The van der Waals surface area contributed by atoms with Crippen molar-refractivity contribution < 1.29 is 9.15 Å². The summed E-state index contributed by atoms with van der Waals surface area (Å²) in [4.78, 5) is 0.0624. The highest BCUT2D eigenvalue weighted by Crippen LogP contribution is 2.38. The van der Waals surface area contributed by atoms with Crippen molar-refractivity contribution >= 4 is 31.9 Å². The molecule has 0 N–H and O–H groups in total. The number of aryl methyl sites for hydroxylation is 1. The third kappa shape index (κ3) is 2.75. The van der Waals surface area contributed by atoms with E-state index in [1.807, 2.05) is 31.2 Å². The van der Waals surface area contributed by atoms with Crippen LogP contribution in [-0.4, -0.2) is 7.11 Å². The summed E-state index contributed by atoms with van der Waals surface area (Å²) in [5, 5.41) is 0. The molecule has 2 nitrogen and oxygen atoms in total. The second kappa shape index (κ2) is 5.27. The molecule has 1 aromatic heterocycles. The van der Waals surface area contributed by atoms with Crippen LogP contribution < -0.4 is 4.74 Å². The molecule has 0 aliphatic heterocycles. The monoisotopic (exact) mass is 358 g/mol. The highest BCUT2D eigenvalue weighted by atomic mass is 79.9. The molecule has 2 aromatic rings. The highest BCUT2D eigenvalue weighted by Gasteiger charge is 2.17. The van der Waals surface area contributed by atoms with Gasteiger partial charge in [-0.15, -0.1) is 0 Å². The first-order chi connectivity index (χ1) is 8.11. The van der Waals surface area contributed by atoms with Crippen LogP contribution in [0.25, 0.3) is 0 Å². The zero-order valence-electron chi connectivity index (χ0n) is 9.54. The van der Waals surface area contributed by atoms with Gasteiger partial charge in [0.05, 0.1) is 18.2 Å². The maximum absolute atomic E-state index is 5.37. The van der Waals surface area contributed by atoms with Crippen LogP contribution in [0.15, 0.2) is 39.4 Å². The molecule has 0 bridgehead atoms. The van der Waals surface area contributed by atoms with Gasteiger partial charge >= 0.3 is 0 Å². The fraction of sp³-hybridized carbons (Fsp3) is 0.231. The molecule has 0 fully saturated rings. The zero-order chi connectivity index (χ0) is 12.4. The van der Waals surface area contributed by atoms with E-state index in [1.54, 1.807) is 13.4 Å². The first-order valence-electron chi connectivity index (χ1n) is 5.14. The zero-order valence-corrected chi connectivity index (χ0v) is 12.7. The SMILES string of the molecule is COc1ccc(Br)cc1C(Br)c1coc(C)c1. The number of halogens is 2. The summed E-state index contributed by atoms with van der Waals surface area (Å²) in [5.74, 6) is 1.76. The van der Waals surface area contributed by atoms with Crippen LogP contribution in [0.2, 0.25) is 0 Å². The molecule has 0 aliphatic rings. The fourth-order valence-electron chi connectivity index (χ4n) is 1.68. The molecular formula is C13H12Br2O2. The van der Waals surface area contributed by atoms with Gasteiger partial charge in [-0.1, -0.05) is 31.9 Å². The van der Waals surface area contributed by atoms with Crippen LogP contribution in [0.1, 0.15) is 21.7 Å². The largest absolute Gasteiger partial charge is 0.496 e. The van der Waals surface area contributed by atoms with E-state index in [0.29, 0.717) is 0 Å². The number of furan rings is 1. The lowest BCUT2D eigenvalue weighted by Crippen LogP contribution is -1.96. The summed E-state index contributed by atoms with van der Waals surface area (Å²) in [6.07, 6.45) is 1.76. The summed E-state index contributed by atoms with van der Waals surface area (Å²) in [6.45, 7) is 1.93. The molecule has 1 heterocycles. The van der Waals surface area contributed by atoms with E-state index in [9.17, 15) is 0 Å². The Morgan fingerprint density at radius 1 is 1.29 bits per heavy atom. The Morgan fingerprint density at radius 2 is 2.06 bits per heavy atom. The number of methoxy groups -OCH3 is 1. The van der Waals surface area contributed by atoms with Crippen LogP contribution in [-0.2, 0) is 0 Å². The number of rotatable bonds is 3. The summed E-state index contributed by atoms with van der Waals surface area (Å²) in [7, 11) is 1.67. The van der Waals surface area contributed by atoms with E-state index < -0.39 is 0 Å². The summed E-state index contributed by atoms with van der Waals surface area (Å²) >= 11 is 7.14. The predicted molar refractivity (Wildman–Crippen MR) is 74.9 cm³/mol. The molecule has 1 unspecified atom stereocenters. The first-order valence-corrected chi connectivity index (χ1v) is 6.85. The average molecular weight is 360 g/mol. The number of hydrogen-bond acceptors (Lipinski definition) is 2. The van der Waals surface area contributed by atoms with Crippen molar-refractivity contribution in [3.8, 4) is 5.75 Å². The molecule has 1 atom stereocenters. The summed E-state index contributed by atoms with van der Waals surface area (Å²) in [6, 6.07) is 7.96. The van der Waals surface area contributed by atoms with E-state index in [-0.39, 0.29) is 4.83 Å². The van der Waals surface area contributed by atoms with E-state index >= 15 is 0 Å². The van der Waals surface area contributed by atoms with E-state index in [2.05, 4.69) is 31.9 Å². The normalized spacial score (nSPS) is 12.5. The van der Waals surface area contributed by atoms with Crippen LogP contribution in [0.5, 0.6) is 5.75 Å². The molecule has 17 heavy (non-hydrogen) atoms. The van der Waals surface area contributed by atoms with Crippen molar-refractivity contribution in [1.29, 1.82) is 0 Å². The van der Waals surface area contributed by atoms with Gasteiger partial charge in [-0.3, -0.25) is 0 Å². The molecule has 2 rings (SSSR count). The van der Waals surface area contributed by atoms with Crippen molar-refractivity contribution in [3.63, 3.8) is 0 Å². The van der Waals surface area contributed by atoms with Crippen LogP contribution >= 0.6 is 31.9 Å². The van der Waals surface area contributed by atoms with Crippen LogP contribution in [0.4, 0.5) is 0 Å². The van der Waals surface area contributed by atoms with E-state index in [4.69, 9.17) is 9.15 Å². The first kappa shape index (κ1) is 12.7. The molecule has 0 saturated heterocycles. The Hall–Kier alpha value is -0.740. The lowest BCUT2D eigenvalue weighted by atomic mass is 10.1.